The Bertz CT molecular complexity index is 1620. The first-order valence-electron chi connectivity index (χ1n) is 12.1. The molecule has 1 saturated heterocycles. The van der Waals surface area contributed by atoms with Crippen molar-refractivity contribution < 1.29 is 8.42 Å². The van der Waals surface area contributed by atoms with Gasteiger partial charge in [0.25, 0.3) is 0 Å². The molecule has 0 amide bonds. The number of benzene rings is 2. The van der Waals surface area contributed by atoms with Crippen molar-refractivity contribution in [3.05, 3.63) is 106 Å². The van der Waals surface area contributed by atoms with Gasteiger partial charge in [-0.15, -0.1) is 0 Å². The lowest BCUT2D eigenvalue weighted by molar-refractivity contribution is 0.565. The Kier molecular flexibility index (Phi) is 6.94. The van der Waals surface area contributed by atoms with Crippen LogP contribution in [0.15, 0.2) is 72.9 Å². The molecule has 38 heavy (non-hydrogen) atoms. The standard InChI is InChI=1S/C28H28ClN5O2S2/c1-17-8-9-20(29)16-25(17)33-18(2)15-23(19(33)3)27-26(24-7-5-6-14-30-24)31-28(37)34(27)22-12-10-21(11-13-22)32-38(4,35)36/h5-16,26-27,32H,1-4H3,(H,31,37)/t26-,27+/m0/s1. The first-order chi connectivity index (χ1) is 18.0. The van der Waals surface area contributed by atoms with Crippen LogP contribution in [0, 0.1) is 20.8 Å². The maximum atomic E-state index is 11.7. The Labute approximate surface area is 233 Å². The van der Waals surface area contributed by atoms with E-state index in [2.05, 4.69) is 51.3 Å². The molecule has 0 bridgehead atoms. The second kappa shape index (κ2) is 10.1. The molecule has 1 aliphatic heterocycles. The highest BCUT2D eigenvalue weighted by molar-refractivity contribution is 7.92. The van der Waals surface area contributed by atoms with Crippen LogP contribution in [0.25, 0.3) is 5.69 Å². The van der Waals surface area contributed by atoms with E-state index in [1.165, 1.54) is 0 Å². The summed E-state index contributed by atoms with van der Waals surface area (Å²) in [7, 11) is -3.38. The fraction of sp³-hybridized carbons (Fsp3) is 0.214. The first-order valence-corrected chi connectivity index (χ1v) is 14.7. The third kappa shape index (κ3) is 5.01. The molecule has 0 spiro atoms. The molecule has 0 saturated carbocycles. The Morgan fingerprint density at radius 3 is 2.42 bits per heavy atom. The first kappa shape index (κ1) is 26.2. The summed E-state index contributed by atoms with van der Waals surface area (Å²) < 4.78 is 28.1. The van der Waals surface area contributed by atoms with Gasteiger partial charge in [0.05, 0.1) is 24.0 Å². The molecule has 3 heterocycles. The summed E-state index contributed by atoms with van der Waals surface area (Å²) in [6.07, 6.45) is 2.91. The number of hydrogen-bond acceptors (Lipinski definition) is 4. The van der Waals surface area contributed by atoms with Crippen LogP contribution in [-0.4, -0.2) is 29.3 Å². The zero-order valence-corrected chi connectivity index (χ0v) is 23.8. The van der Waals surface area contributed by atoms with Crippen molar-refractivity contribution in [2.45, 2.75) is 32.9 Å². The summed E-state index contributed by atoms with van der Waals surface area (Å²) >= 11 is 12.2. The molecule has 1 fully saturated rings. The van der Waals surface area contributed by atoms with E-state index < -0.39 is 10.0 Å². The molecule has 0 unspecified atom stereocenters. The van der Waals surface area contributed by atoms with Crippen LogP contribution in [0.5, 0.6) is 0 Å². The molecule has 2 N–H and O–H groups in total. The number of halogens is 1. The summed E-state index contributed by atoms with van der Waals surface area (Å²) in [4.78, 5) is 6.73. The molecule has 2 aromatic carbocycles. The second-order valence-corrected chi connectivity index (χ2v) is 12.1. The number of rotatable bonds is 6. The van der Waals surface area contributed by atoms with Crippen molar-refractivity contribution in [2.75, 3.05) is 15.9 Å². The molecule has 5 rings (SSSR count). The lowest BCUT2D eigenvalue weighted by atomic mass is 9.96. The van der Waals surface area contributed by atoms with E-state index in [1.54, 1.807) is 18.3 Å². The highest BCUT2D eigenvalue weighted by Gasteiger charge is 2.42. The molecular weight excluding hydrogens is 538 g/mol. The van der Waals surface area contributed by atoms with Crippen molar-refractivity contribution in [1.29, 1.82) is 0 Å². The molecule has 196 valence electrons. The van der Waals surface area contributed by atoms with E-state index in [0.29, 0.717) is 15.8 Å². The Morgan fingerprint density at radius 2 is 1.76 bits per heavy atom. The number of nitrogens with one attached hydrogen (secondary N) is 2. The number of nitrogens with zero attached hydrogens (tertiary/aromatic N) is 3. The average Bonchev–Trinajstić information content (AvgIpc) is 3.36. The van der Waals surface area contributed by atoms with Gasteiger partial charge in [-0.1, -0.05) is 23.7 Å². The summed E-state index contributed by atoms with van der Waals surface area (Å²) in [5, 5.41) is 4.74. The van der Waals surface area contributed by atoms with E-state index in [0.717, 1.165) is 45.8 Å². The highest BCUT2D eigenvalue weighted by atomic mass is 35.5. The summed E-state index contributed by atoms with van der Waals surface area (Å²) in [5.41, 5.74) is 7.61. The molecular formula is C28H28ClN5O2S2. The Hall–Kier alpha value is -3.40. The van der Waals surface area contributed by atoms with Crippen LogP contribution in [-0.2, 0) is 10.0 Å². The minimum atomic E-state index is -3.38. The van der Waals surface area contributed by atoms with Gasteiger partial charge in [0, 0.05) is 39.7 Å². The van der Waals surface area contributed by atoms with Gasteiger partial charge in [-0.3, -0.25) is 9.71 Å². The van der Waals surface area contributed by atoms with Gasteiger partial charge in [0.1, 0.15) is 0 Å². The van der Waals surface area contributed by atoms with Gasteiger partial charge in [-0.25, -0.2) is 8.42 Å². The zero-order chi connectivity index (χ0) is 27.2. The fourth-order valence-electron chi connectivity index (χ4n) is 5.13. The van der Waals surface area contributed by atoms with E-state index in [9.17, 15) is 8.42 Å². The minimum absolute atomic E-state index is 0.202. The third-order valence-electron chi connectivity index (χ3n) is 6.75. The van der Waals surface area contributed by atoms with Crippen molar-refractivity contribution in [3.8, 4) is 5.69 Å². The normalized spacial score (nSPS) is 17.5. The molecule has 10 heteroatoms. The van der Waals surface area contributed by atoms with Gasteiger partial charge in [-0.2, -0.15) is 0 Å². The Morgan fingerprint density at radius 1 is 1.03 bits per heavy atom. The molecule has 2 aromatic heterocycles. The largest absolute Gasteiger partial charge is 0.351 e. The fourth-order valence-corrected chi connectivity index (χ4v) is 6.21. The number of thiocarbonyl (C=S) groups is 1. The second-order valence-electron chi connectivity index (χ2n) is 9.51. The van der Waals surface area contributed by atoms with Gasteiger partial charge in [0.2, 0.25) is 10.0 Å². The topological polar surface area (TPSA) is 79.3 Å². The molecule has 4 aromatic rings. The van der Waals surface area contributed by atoms with E-state index in [-0.39, 0.29) is 12.1 Å². The number of aryl methyl sites for hydroxylation is 2. The number of aromatic nitrogens is 2. The van der Waals surface area contributed by atoms with E-state index in [1.807, 2.05) is 48.5 Å². The number of hydrogen-bond donors (Lipinski definition) is 2. The van der Waals surface area contributed by atoms with Crippen LogP contribution in [0.4, 0.5) is 11.4 Å². The van der Waals surface area contributed by atoms with E-state index in [4.69, 9.17) is 23.8 Å². The van der Waals surface area contributed by atoms with Crippen LogP contribution in [0.2, 0.25) is 5.02 Å². The molecule has 0 radical (unpaired) electrons. The summed E-state index contributed by atoms with van der Waals surface area (Å²) in [6, 6.07) is 20.8. The predicted molar refractivity (Wildman–Crippen MR) is 158 cm³/mol. The summed E-state index contributed by atoms with van der Waals surface area (Å²) in [5.74, 6) is 0. The van der Waals surface area contributed by atoms with Crippen LogP contribution < -0.4 is 14.9 Å². The quantitative estimate of drug-likeness (QED) is 0.279. The van der Waals surface area contributed by atoms with Gasteiger partial charge < -0.3 is 14.8 Å². The van der Waals surface area contributed by atoms with Gasteiger partial charge in [-0.05, 0) is 98.7 Å². The SMILES string of the molecule is Cc1ccc(Cl)cc1-n1c(C)cc([C@@H]2[C@H](c3ccccn3)NC(=S)N2c2ccc(NS(C)(=O)=O)cc2)c1C. The van der Waals surface area contributed by atoms with E-state index >= 15 is 0 Å². The smallest absolute Gasteiger partial charge is 0.229 e. The van der Waals surface area contributed by atoms with Crippen molar-refractivity contribution in [1.82, 2.24) is 14.9 Å². The molecule has 7 nitrogen and oxygen atoms in total. The predicted octanol–water partition coefficient (Wildman–Crippen LogP) is 6.00. The van der Waals surface area contributed by atoms with Crippen molar-refractivity contribution in [2.24, 2.45) is 0 Å². The van der Waals surface area contributed by atoms with Crippen molar-refractivity contribution >= 4 is 50.3 Å². The van der Waals surface area contributed by atoms with Gasteiger partial charge in [0.15, 0.2) is 5.11 Å². The molecule has 2 atom stereocenters. The lowest BCUT2D eigenvalue weighted by Gasteiger charge is -2.28. The Balaban J connectivity index is 1.65. The van der Waals surface area contributed by atoms with Crippen LogP contribution in [0.3, 0.4) is 0 Å². The van der Waals surface area contributed by atoms with Gasteiger partial charge >= 0.3 is 0 Å². The van der Waals surface area contributed by atoms with Crippen LogP contribution in [0.1, 0.15) is 40.3 Å². The number of anilines is 2. The highest BCUT2D eigenvalue weighted by Crippen LogP contribution is 2.44. The average molecular weight is 566 g/mol. The van der Waals surface area contributed by atoms with Crippen molar-refractivity contribution in [3.63, 3.8) is 0 Å². The minimum Gasteiger partial charge on any atom is -0.351 e. The maximum absolute atomic E-state index is 11.7. The maximum Gasteiger partial charge on any atom is 0.229 e. The molecule has 1 aliphatic rings. The lowest BCUT2D eigenvalue weighted by Crippen LogP contribution is -2.29. The van der Waals surface area contributed by atoms with Crippen LogP contribution >= 0.6 is 23.8 Å². The number of pyridine rings is 1. The number of sulfonamides is 1. The molecule has 0 aliphatic carbocycles. The third-order valence-corrected chi connectivity index (χ3v) is 7.90. The summed E-state index contributed by atoms with van der Waals surface area (Å²) in [6.45, 7) is 6.27. The zero-order valence-electron chi connectivity index (χ0n) is 21.4. The monoisotopic (exact) mass is 565 g/mol.